The average Bonchev–Trinajstić information content (AvgIpc) is 3.40. The Morgan fingerprint density at radius 2 is 1.97 bits per heavy atom. The van der Waals surface area contributed by atoms with Crippen LogP contribution in [-0.2, 0) is 6.42 Å². The summed E-state index contributed by atoms with van der Waals surface area (Å²) in [6, 6.07) is 14.0. The molecule has 34 heavy (non-hydrogen) atoms. The van der Waals surface area contributed by atoms with Gasteiger partial charge >= 0.3 is 0 Å². The van der Waals surface area contributed by atoms with Crippen molar-refractivity contribution in [3.8, 4) is 5.75 Å². The number of aliphatic hydroxyl groups is 1. The highest BCUT2D eigenvalue weighted by atomic mass is 19.1. The van der Waals surface area contributed by atoms with Crippen molar-refractivity contribution in [2.45, 2.75) is 18.6 Å². The van der Waals surface area contributed by atoms with Crippen molar-refractivity contribution >= 4 is 23.1 Å². The summed E-state index contributed by atoms with van der Waals surface area (Å²) in [4.78, 5) is 29.9. The number of aliphatic hydroxyl groups excluding tert-OH is 1. The summed E-state index contributed by atoms with van der Waals surface area (Å²) in [5.74, 6) is -1.25. The number of ether oxygens (including phenoxy) is 1. The topological polar surface area (TPSA) is 105 Å². The van der Waals surface area contributed by atoms with Crippen molar-refractivity contribution < 1.29 is 23.8 Å². The number of hydrogen-bond donors (Lipinski definition) is 3. The zero-order chi connectivity index (χ0) is 23.8. The predicted octanol–water partition coefficient (Wildman–Crippen LogP) is 3.12. The van der Waals surface area contributed by atoms with Gasteiger partial charge in [0.1, 0.15) is 22.9 Å². The molecule has 0 spiro atoms. The maximum Gasteiger partial charge on any atom is 0.274 e. The molecule has 0 bridgehead atoms. The highest BCUT2D eigenvalue weighted by molar-refractivity contribution is 6.04. The maximum atomic E-state index is 14.5. The average molecular weight is 460 g/mol. The van der Waals surface area contributed by atoms with Crippen molar-refractivity contribution in [3.05, 3.63) is 95.2 Å². The molecule has 2 aromatic carbocycles. The number of aromatic nitrogens is 2. The van der Waals surface area contributed by atoms with E-state index in [9.17, 15) is 19.1 Å². The SMILES string of the molecule is COc1ccc2ncc(C(=O)Nc3cc(C(=O)N[C@@H]4c5ccccc5C[C@@H]4O)ccc3F)n2c1. The molecule has 2 amide bonds. The lowest BCUT2D eigenvalue weighted by Crippen LogP contribution is -2.34. The second-order valence-corrected chi connectivity index (χ2v) is 8.01. The molecule has 2 aromatic heterocycles. The Morgan fingerprint density at radius 3 is 2.79 bits per heavy atom. The van der Waals surface area contributed by atoms with Crippen molar-refractivity contribution in [3.63, 3.8) is 0 Å². The summed E-state index contributed by atoms with van der Waals surface area (Å²) in [6.45, 7) is 0. The van der Waals surface area contributed by atoms with Crippen LogP contribution in [0.3, 0.4) is 0 Å². The van der Waals surface area contributed by atoms with Gasteiger partial charge in [-0.2, -0.15) is 0 Å². The molecule has 0 saturated heterocycles. The van der Waals surface area contributed by atoms with Gasteiger partial charge in [0, 0.05) is 12.0 Å². The van der Waals surface area contributed by atoms with E-state index < -0.39 is 29.8 Å². The summed E-state index contributed by atoms with van der Waals surface area (Å²) < 4.78 is 21.2. The van der Waals surface area contributed by atoms with Gasteiger partial charge in [0.05, 0.1) is 37.3 Å². The Morgan fingerprint density at radius 1 is 1.15 bits per heavy atom. The number of benzene rings is 2. The third kappa shape index (κ3) is 3.86. The molecule has 2 heterocycles. The molecule has 3 N–H and O–H groups in total. The van der Waals surface area contributed by atoms with E-state index in [0.717, 1.165) is 17.2 Å². The van der Waals surface area contributed by atoms with Gasteiger partial charge in [-0.3, -0.25) is 14.0 Å². The largest absolute Gasteiger partial charge is 0.495 e. The lowest BCUT2D eigenvalue weighted by Gasteiger charge is -2.18. The molecule has 8 nitrogen and oxygen atoms in total. The van der Waals surface area contributed by atoms with E-state index in [-0.39, 0.29) is 16.9 Å². The van der Waals surface area contributed by atoms with Gasteiger partial charge in [-0.1, -0.05) is 24.3 Å². The first-order chi connectivity index (χ1) is 16.4. The number of pyridine rings is 1. The van der Waals surface area contributed by atoms with Crippen LogP contribution in [0.15, 0.2) is 67.0 Å². The highest BCUT2D eigenvalue weighted by Gasteiger charge is 2.32. The molecule has 9 heteroatoms. The minimum atomic E-state index is -0.756. The highest BCUT2D eigenvalue weighted by Crippen LogP contribution is 2.31. The third-order valence-corrected chi connectivity index (χ3v) is 5.91. The van der Waals surface area contributed by atoms with Crippen LogP contribution < -0.4 is 15.4 Å². The summed E-state index contributed by atoms with van der Waals surface area (Å²) in [7, 11) is 1.51. The van der Waals surface area contributed by atoms with Crippen molar-refractivity contribution in [2.75, 3.05) is 12.4 Å². The molecule has 172 valence electrons. The second-order valence-electron chi connectivity index (χ2n) is 8.01. The molecule has 1 aliphatic rings. The van der Waals surface area contributed by atoms with E-state index in [2.05, 4.69) is 15.6 Å². The Labute approximate surface area is 194 Å². The number of halogens is 1. The van der Waals surface area contributed by atoms with Crippen LogP contribution in [0.2, 0.25) is 0 Å². The number of hydrogen-bond acceptors (Lipinski definition) is 5. The second kappa shape index (κ2) is 8.60. The van der Waals surface area contributed by atoms with Gasteiger partial charge in [-0.25, -0.2) is 9.37 Å². The first-order valence-electron chi connectivity index (χ1n) is 10.6. The van der Waals surface area contributed by atoms with E-state index >= 15 is 0 Å². The van der Waals surface area contributed by atoms with E-state index in [1.165, 1.54) is 29.8 Å². The minimum Gasteiger partial charge on any atom is -0.495 e. The van der Waals surface area contributed by atoms with E-state index in [1.54, 1.807) is 18.3 Å². The molecule has 0 unspecified atom stereocenters. The molecule has 5 rings (SSSR count). The number of rotatable bonds is 5. The smallest absolute Gasteiger partial charge is 0.274 e. The van der Waals surface area contributed by atoms with Gasteiger partial charge in [0.2, 0.25) is 0 Å². The van der Waals surface area contributed by atoms with E-state index in [1.807, 2.05) is 24.3 Å². The van der Waals surface area contributed by atoms with Gasteiger partial charge < -0.3 is 20.5 Å². The maximum absolute atomic E-state index is 14.5. The fourth-order valence-electron chi connectivity index (χ4n) is 4.17. The number of nitrogens with zero attached hydrogens (tertiary/aromatic N) is 2. The molecular formula is C25H21FN4O4. The van der Waals surface area contributed by atoms with E-state index in [4.69, 9.17) is 4.74 Å². The third-order valence-electron chi connectivity index (χ3n) is 5.91. The van der Waals surface area contributed by atoms with Crippen LogP contribution in [0.4, 0.5) is 10.1 Å². The molecule has 0 aliphatic heterocycles. The minimum absolute atomic E-state index is 0.146. The number of anilines is 1. The molecule has 0 radical (unpaired) electrons. The van der Waals surface area contributed by atoms with Crippen LogP contribution in [0.25, 0.3) is 5.65 Å². The Balaban J connectivity index is 1.37. The molecule has 0 saturated carbocycles. The zero-order valence-electron chi connectivity index (χ0n) is 18.2. The first-order valence-corrected chi connectivity index (χ1v) is 10.6. The molecule has 0 fully saturated rings. The Kier molecular flexibility index (Phi) is 5.46. The fraction of sp³-hybridized carbons (Fsp3) is 0.160. The molecule has 1 aliphatic carbocycles. The van der Waals surface area contributed by atoms with Gasteiger partial charge in [0.15, 0.2) is 0 Å². The predicted molar refractivity (Wildman–Crippen MR) is 122 cm³/mol. The summed E-state index contributed by atoms with van der Waals surface area (Å²) in [5.41, 5.74) is 2.51. The van der Waals surface area contributed by atoms with Crippen molar-refractivity contribution in [1.82, 2.24) is 14.7 Å². The van der Waals surface area contributed by atoms with Crippen LogP contribution in [0.5, 0.6) is 5.75 Å². The van der Waals surface area contributed by atoms with Crippen LogP contribution in [-0.4, -0.2) is 39.5 Å². The lowest BCUT2D eigenvalue weighted by atomic mass is 10.1. The van der Waals surface area contributed by atoms with Gasteiger partial charge in [-0.05, 0) is 41.5 Å². The number of carbonyl (C=O) groups excluding carboxylic acids is 2. The quantitative estimate of drug-likeness (QED) is 0.425. The van der Waals surface area contributed by atoms with Crippen molar-refractivity contribution in [1.29, 1.82) is 0 Å². The van der Waals surface area contributed by atoms with E-state index in [0.29, 0.717) is 17.8 Å². The monoisotopic (exact) mass is 460 g/mol. The van der Waals surface area contributed by atoms with Crippen LogP contribution in [0.1, 0.15) is 38.0 Å². The van der Waals surface area contributed by atoms with Gasteiger partial charge in [-0.15, -0.1) is 0 Å². The summed E-state index contributed by atoms with van der Waals surface area (Å²) in [5, 5.41) is 15.7. The first kappa shape index (κ1) is 21.6. The Bertz CT molecular complexity index is 1420. The number of methoxy groups -OCH3 is 1. The molecule has 2 atom stereocenters. The summed E-state index contributed by atoms with van der Waals surface area (Å²) >= 11 is 0. The number of nitrogens with one attached hydrogen (secondary N) is 2. The van der Waals surface area contributed by atoms with Gasteiger partial charge in [0.25, 0.3) is 11.8 Å². The fourth-order valence-corrected chi connectivity index (χ4v) is 4.17. The number of fused-ring (bicyclic) bond motifs is 2. The lowest BCUT2D eigenvalue weighted by molar-refractivity contribution is 0.0857. The molecular weight excluding hydrogens is 439 g/mol. The number of imidazole rings is 1. The molecule has 4 aromatic rings. The number of amides is 2. The van der Waals surface area contributed by atoms with Crippen molar-refractivity contribution in [2.24, 2.45) is 0 Å². The summed E-state index contributed by atoms with van der Waals surface area (Å²) in [6.07, 6.45) is 2.66. The van der Waals surface area contributed by atoms with Crippen LogP contribution >= 0.6 is 0 Å². The Hall–Kier alpha value is -4.24. The standard InChI is InChI=1S/C25H21FN4O4/c1-34-16-7-9-22-27-12-20(30(22)13-16)25(33)28-19-10-15(6-8-18(19)26)24(32)29-23-17-5-3-2-4-14(17)11-21(23)31/h2-10,12-13,21,23,31H,11H2,1H3,(H,28,33)(H,29,32)/t21-,23+/m0/s1. The van der Waals surface area contributed by atoms with Crippen LogP contribution in [0, 0.1) is 5.82 Å². The zero-order valence-corrected chi connectivity index (χ0v) is 18.2. The number of carbonyl (C=O) groups is 2. The normalized spacial score (nSPS) is 16.8.